The Morgan fingerprint density at radius 1 is 1.17 bits per heavy atom. The maximum Gasteiger partial charge on any atom is 0.339 e. The first-order valence-electron chi connectivity index (χ1n) is 7.58. The number of aliphatic imine (C=N–C) groups is 1. The van der Waals surface area contributed by atoms with Gasteiger partial charge >= 0.3 is 5.97 Å². The average molecular weight is 319 g/mol. The van der Waals surface area contributed by atoms with Crippen LogP contribution in [0.5, 0.6) is 0 Å². The lowest BCUT2D eigenvalue weighted by molar-refractivity contribution is 0.0401. The molecule has 3 rings (SSSR count). The maximum atomic E-state index is 11.9. The van der Waals surface area contributed by atoms with Gasteiger partial charge in [-0.1, -0.05) is 54.6 Å². The van der Waals surface area contributed by atoms with Gasteiger partial charge in [0.2, 0.25) is 5.96 Å². The van der Waals surface area contributed by atoms with Crippen LogP contribution in [0.1, 0.15) is 34.0 Å². The zero-order chi connectivity index (χ0) is 16.9. The summed E-state index contributed by atoms with van der Waals surface area (Å²) in [4.78, 5) is 16.0. The number of cyclic esters (lactones) is 1. The van der Waals surface area contributed by atoms with Crippen LogP contribution in [-0.2, 0) is 4.74 Å². The van der Waals surface area contributed by atoms with Crippen molar-refractivity contribution < 1.29 is 9.53 Å². The van der Waals surface area contributed by atoms with Crippen molar-refractivity contribution in [3.63, 3.8) is 0 Å². The minimum atomic E-state index is -0.410. The van der Waals surface area contributed by atoms with Gasteiger partial charge in [0.1, 0.15) is 6.10 Å². The second kappa shape index (κ2) is 6.91. The zero-order valence-electron chi connectivity index (χ0n) is 13.0. The number of allylic oxidation sites excluding steroid dienone is 1. The summed E-state index contributed by atoms with van der Waals surface area (Å²) in [6, 6.07) is 17.1. The lowest BCUT2D eigenvalue weighted by Gasteiger charge is -2.10. The first kappa shape index (κ1) is 15.7. The molecular weight excluding hydrogens is 302 g/mol. The molecule has 3 N–H and O–H groups in total. The molecule has 24 heavy (non-hydrogen) atoms. The molecule has 1 atom stereocenters. The number of hydrogen-bond acceptors (Lipinski definition) is 3. The molecule has 0 aliphatic carbocycles. The van der Waals surface area contributed by atoms with Gasteiger partial charge in [0.15, 0.2) is 0 Å². The number of rotatable bonds is 4. The second-order valence-electron chi connectivity index (χ2n) is 5.42. The summed E-state index contributed by atoms with van der Waals surface area (Å²) in [5.41, 5.74) is 8.43. The number of ether oxygens (including phenoxy) is 1. The number of fused-ring (bicyclic) bond motifs is 1. The Morgan fingerprint density at radius 2 is 1.88 bits per heavy atom. The van der Waals surface area contributed by atoms with Crippen molar-refractivity contribution in [3.8, 4) is 0 Å². The number of nitrogens with two attached hydrogens (primary N) is 1. The van der Waals surface area contributed by atoms with Crippen molar-refractivity contribution in [3.05, 3.63) is 77.4 Å². The summed E-state index contributed by atoms with van der Waals surface area (Å²) in [5, 5.41) is 7.42. The third-order valence-corrected chi connectivity index (χ3v) is 3.70. The summed E-state index contributed by atoms with van der Waals surface area (Å²) in [6.07, 6.45) is 3.65. The Labute approximate surface area is 140 Å². The van der Waals surface area contributed by atoms with Gasteiger partial charge in [-0.2, -0.15) is 0 Å². The number of nitrogens with one attached hydrogen (secondary N) is 1. The predicted molar refractivity (Wildman–Crippen MR) is 94.0 cm³/mol. The van der Waals surface area contributed by atoms with E-state index in [0.717, 1.165) is 11.1 Å². The van der Waals surface area contributed by atoms with Gasteiger partial charge in [0.25, 0.3) is 0 Å². The summed E-state index contributed by atoms with van der Waals surface area (Å²) < 4.78 is 5.43. The Hall–Kier alpha value is -3.21. The molecule has 0 saturated carbocycles. The molecule has 1 aliphatic heterocycles. The van der Waals surface area contributed by atoms with E-state index in [4.69, 9.17) is 15.9 Å². The van der Waals surface area contributed by atoms with Crippen LogP contribution in [0, 0.1) is 5.41 Å². The van der Waals surface area contributed by atoms with Crippen LogP contribution >= 0.6 is 0 Å². The number of carbonyl (C=O) groups is 1. The first-order chi connectivity index (χ1) is 11.6. The number of esters is 1. The Bertz CT molecular complexity index is 826. The molecule has 0 unspecified atom stereocenters. The standard InChI is InChI=1S/C19H17N3O2/c20-19(21)22-14(11-10-13-6-2-1-3-7-13)12-17-15-8-4-5-9-16(15)18(23)24-17/h1-11,17H,12H2,(H3,20,21)/b11-10-,22-14?/t17-/m1/s1. The monoisotopic (exact) mass is 319 g/mol. The van der Waals surface area contributed by atoms with Gasteiger partial charge in [-0.05, 0) is 17.7 Å². The van der Waals surface area contributed by atoms with Crippen molar-refractivity contribution in [2.24, 2.45) is 10.7 Å². The lowest BCUT2D eigenvalue weighted by atomic mass is 10.0. The molecule has 2 aromatic rings. The van der Waals surface area contributed by atoms with Crippen molar-refractivity contribution >= 4 is 23.7 Å². The highest BCUT2D eigenvalue weighted by Crippen LogP contribution is 2.33. The molecule has 2 aromatic carbocycles. The van der Waals surface area contributed by atoms with Crippen molar-refractivity contribution in [1.82, 2.24) is 0 Å². The molecular formula is C19H17N3O2. The summed E-state index contributed by atoms with van der Waals surface area (Å²) in [6.45, 7) is 0. The van der Waals surface area contributed by atoms with E-state index < -0.39 is 6.10 Å². The van der Waals surface area contributed by atoms with Crippen LogP contribution in [0.15, 0.2) is 65.7 Å². The molecule has 5 heteroatoms. The minimum absolute atomic E-state index is 0.277. The highest BCUT2D eigenvalue weighted by molar-refractivity contribution is 6.05. The van der Waals surface area contributed by atoms with E-state index in [1.54, 1.807) is 12.1 Å². The third kappa shape index (κ3) is 3.57. The fourth-order valence-corrected chi connectivity index (χ4v) is 2.62. The van der Waals surface area contributed by atoms with Crippen molar-refractivity contribution in [1.29, 1.82) is 5.41 Å². The highest BCUT2D eigenvalue weighted by atomic mass is 16.5. The second-order valence-corrected chi connectivity index (χ2v) is 5.42. The Balaban J connectivity index is 1.83. The van der Waals surface area contributed by atoms with Gasteiger partial charge in [-0.3, -0.25) is 5.41 Å². The average Bonchev–Trinajstić information content (AvgIpc) is 2.90. The van der Waals surface area contributed by atoms with E-state index in [9.17, 15) is 4.79 Å². The van der Waals surface area contributed by atoms with Crippen LogP contribution in [0.2, 0.25) is 0 Å². The number of benzene rings is 2. The van der Waals surface area contributed by atoms with E-state index >= 15 is 0 Å². The normalized spacial score (nSPS) is 16.9. The van der Waals surface area contributed by atoms with Crippen molar-refractivity contribution in [2.75, 3.05) is 0 Å². The van der Waals surface area contributed by atoms with Crippen LogP contribution in [-0.4, -0.2) is 17.6 Å². The van der Waals surface area contributed by atoms with E-state index in [0.29, 0.717) is 17.7 Å². The van der Waals surface area contributed by atoms with Crippen LogP contribution in [0.4, 0.5) is 0 Å². The zero-order valence-corrected chi connectivity index (χ0v) is 13.0. The van der Waals surface area contributed by atoms with Crippen molar-refractivity contribution in [2.45, 2.75) is 12.5 Å². The van der Waals surface area contributed by atoms with E-state index in [2.05, 4.69) is 4.99 Å². The molecule has 0 radical (unpaired) electrons. The first-order valence-corrected chi connectivity index (χ1v) is 7.58. The smallest absolute Gasteiger partial charge is 0.339 e. The van der Waals surface area contributed by atoms with Gasteiger partial charge in [-0.25, -0.2) is 9.79 Å². The molecule has 0 fully saturated rings. The number of guanidine groups is 1. The van der Waals surface area contributed by atoms with E-state index in [-0.39, 0.29) is 11.9 Å². The van der Waals surface area contributed by atoms with E-state index in [1.165, 1.54) is 0 Å². The van der Waals surface area contributed by atoms with Crippen LogP contribution in [0.25, 0.3) is 6.08 Å². The van der Waals surface area contributed by atoms with Gasteiger partial charge in [0.05, 0.1) is 5.56 Å². The largest absolute Gasteiger partial charge is 0.453 e. The molecule has 120 valence electrons. The fraction of sp³-hybridized carbons (Fsp3) is 0.105. The third-order valence-electron chi connectivity index (χ3n) is 3.70. The molecule has 0 saturated heterocycles. The van der Waals surface area contributed by atoms with Gasteiger partial charge < -0.3 is 10.5 Å². The topological polar surface area (TPSA) is 88.5 Å². The lowest BCUT2D eigenvalue weighted by Crippen LogP contribution is -2.12. The SMILES string of the molecule is N=C(N)N=C(/C=C\c1ccccc1)C[C@H]1OC(=O)c2ccccc21. The fourth-order valence-electron chi connectivity index (χ4n) is 2.62. The Morgan fingerprint density at radius 3 is 2.62 bits per heavy atom. The Kier molecular flexibility index (Phi) is 4.52. The number of nitrogens with zero attached hydrogens (tertiary/aromatic N) is 1. The maximum absolute atomic E-state index is 11.9. The molecule has 1 aliphatic rings. The highest BCUT2D eigenvalue weighted by Gasteiger charge is 2.31. The molecule has 0 amide bonds. The molecule has 0 bridgehead atoms. The van der Waals surface area contributed by atoms with Gasteiger partial charge in [-0.15, -0.1) is 0 Å². The molecule has 0 spiro atoms. The van der Waals surface area contributed by atoms with Gasteiger partial charge in [0, 0.05) is 17.7 Å². The van der Waals surface area contributed by atoms with E-state index in [1.807, 2.05) is 54.6 Å². The molecule has 1 heterocycles. The van der Waals surface area contributed by atoms with Crippen LogP contribution in [0.3, 0.4) is 0 Å². The minimum Gasteiger partial charge on any atom is -0.453 e. The number of hydrogen-bond donors (Lipinski definition) is 2. The molecule has 5 nitrogen and oxygen atoms in total. The predicted octanol–water partition coefficient (Wildman–Crippen LogP) is 3.34. The summed E-state index contributed by atoms with van der Waals surface area (Å²) >= 11 is 0. The summed E-state index contributed by atoms with van der Waals surface area (Å²) in [5.74, 6) is -0.606. The quantitative estimate of drug-likeness (QED) is 0.514. The molecule has 0 aromatic heterocycles. The summed E-state index contributed by atoms with van der Waals surface area (Å²) in [7, 11) is 0. The van der Waals surface area contributed by atoms with Crippen LogP contribution < -0.4 is 5.73 Å². The number of carbonyl (C=O) groups excluding carboxylic acids is 1.